The first kappa shape index (κ1) is 14.5. The van der Waals surface area contributed by atoms with Crippen LogP contribution in [0.4, 0.5) is 0 Å². The standard InChI is InChI=1S/C15H20BrNO2/c1-9(2)14(18)8-15(19)17-13-7-11(13)10-5-3-4-6-12(10)16/h3-6,9,11,13-14,18H,7-8H2,1-2H3,(H,17,19). The summed E-state index contributed by atoms with van der Waals surface area (Å²) in [6, 6.07) is 8.33. The van der Waals surface area contributed by atoms with E-state index in [1.165, 1.54) is 5.56 Å². The maximum absolute atomic E-state index is 11.8. The molecule has 1 aliphatic rings. The van der Waals surface area contributed by atoms with Crippen molar-refractivity contribution in [2.75, 3.05) is 0 Å². The van der Waals surface area contributed by atoms with E-state index in [1.54, 1.807) is 0 Å². The fraction of sp³-hybridized carbons (Fsp3) is 0.533. The molecule has 1 saturated carbocycles. The molecule has 0 radical (unpaired) electrons. The summed E-state index contributed by atoms with van der Waals surface area (Å²) in [4.78, 5) is 11.8. The number of hydrogen-bond donors (Lipinski definition) is 2. The SMILES string of the molecule is CC(C)C(O)CC(=O)NC1CC1c1ccccc1Br. The van der Waals surface area contributed by atoms with Crippen molar-refractivity contribution in [3.63, 3.8) is 0 Å². The molecule has 0 spiro atoms. The van der Waals surface area contributed by atoms with E-state index in [-0.39, 0.29) is 24.3 Å². The lowest BCUT2D eigenvalue weighted by molar-refractivity contribution is -0.123. The first-order valence-electron chi connectivity index (χ1n) is 6.71. The summed E-state index contributed by atoms with van der Waals surface area (Å²) in [5, 5.41) is 12.7. The van der Waals surface area contributed by atoms with Crippen LogP contribution in [0, 0.1) is 5.92 Å². The molecule has 1 aliphatic carbocycles. The summed E-state index contributed by atoms with van der Waals surface area (Å²) >= 11 is 3.54. The summed E-state index contributed by atoms with van der Waals surface area (Å²) in [5.74, 6) is 0.459. The Balaban J connectivity index is 1.84. The number of hydrogen-bond acceptors (Lipinski definition) is 2. The van der Waals surface area contributed by atoms with E-state index < -0.39 is 6.10 Å². The molecule has 0 saturated heterocycles. The number of carbonyl (C=O) groups excluding carboxylic acids is 1. The molecule has 0 aromatic heterocycles. The van der Waals surface area contributed by atoms with Gasteiger partial charge < -0.3 is 10.4 Å². The second-order valence-corrected chi connectivity index (χ2v) is 6.41. The smallest absolute Gasteiger partial charge is 0.222 e. The van der Waals surface area contributed by atoms with Gasteiger partial charge in [0.15, 0.2) is 0 Å². The van der Waals surface area contributed by atoms with Crippen LogP contribution >= 0.6 is 15.9 Å². The summed E-state index contributed by atoms with van der Waals surface area (Å²) in [6.45, 7) is 3.83. The number of amides is 1. The van der Waals surface area contributed by atoms with Crippen molar-refractivity contribution in [3.05, 3.63) is 34.3 Å². The molecule has 1 amide bonds. The van der Waals surface area contributed by atoms with Crippen LogP contribution in [-0.2, 0) is 4.79 Å². The van der Waals surface area contributed by atoms with E-state index in [0.717, 1.165) is 10.9 Å². The molecule has 3 nitrogen and oxygen atoms in total. The van der Waals surface area contributed by atoms with Gasteiger partial charge in [0.05, 0.1) is 12.5 Å². The third-order valence-electron chi connectivity index (χ3n) is 3.61. The van der Waals surface area contributed by atoms with Crippen LogP contribution in [0.15, 0.2) is 28.7 Å². The minimum atomic E-state index is -0.555. The maximum atomic E-state index is 11.8. The lowest BCUT2D eigenvalue weighted by atomic mass is 10.0. The number of rotatable bonds is 5. The van der Waals surface area contributed by atoms with Crippen LogP contribution in [0.25, 0.3) is 0 Å². The lowest BCUT2D eigenvalue weighted by Crippen LogP contribution is -2.31. The fourth-order valence-corrected chi connectivity index (χ4v) is 2.74. The Morgan fingerprint density at radius 3 is 2.79 bits per heavy atom. The van der Waals surface area contributed by atoms with E-state index in [0.29, 0.717) is 5.92 Å². The second-order valence-electron chi connectivity index (χ2n) is 5.55. The number of aliphatic hydroxyl groups excluding tert-OH is 1. The molecule has 19 heavy (non-hydrogen) atoms. The van der Waals surface area contributed by atoms with Gasteiger partial charge >= 0.3 is 0 Å². The quantitative estimate of drug-likeness (QED) is 0.874. The zero-order chi connectivity index (χ0) is 14.0. The number of carbonyl (C=O) groups is 1. The summed E-state index contributed by atoms with van der Waals surface area (Å²) < 4.78 is 1.10. The van der Waals surface area contributed by atoms with Crippen molar-refractivity contribution in [3.8, 4) is 0 Å². The zero-order valence-electron chi connectivity index (χ0n) is 11.3. The molecular weight excluding hydrogens is 306 g/mol. The van der Waals surface area contributed by atoms with Crippen LogP contribution in [0.3, 0.4) is 0 Å². The van der Waals surface area contributed by atoms with Gasteiger partial charge in [0.2, 0.25) is 5.91 Å². The number of benzene rings is 1. The highest BCUT2D eigenvalue weighted by Gasteiger charge is 2.40. The van der Waals surface area contributed by atoms with Crippen molar-refractivity contribution in [1.82, 2.24) is 5.32 Å². The number of aliphatic hydroxyl groups is 1. The van der Waals surface area contributed by atoms with Gasteiger partial charge in [-0.3, -0.25) is 4.79 Å². The largest absolute Gasteiger partial charge is 0.392 e. The Morgan fingerprint density at radius 1 is 1.47 bits per heavy atom. The monoisotopic (exact) mass is 325 g/mol. The van der Waals surface area contributed by atoms with Crippen molar-refractivity contribution in [2.24, 2.45) is 5.92 Å². The predicted octanol–water partition coefficient (Wildman–Crippen LogP) is 2.83. The summed E-state index contributed by atoms with van der Waals surface area (Å²) in [6.07, 6.45) is 0.615. The highest BCUT2D eigenvalue weighted by atomic mass is 79.9. The van der Waals surface area contributed by atoms with Crippen molar-refractivity contribution in [1.29, 1.82) is 0 Å². The van der Waals surface area contributed by atoms with Crippen molar-refractivity contribution in [2.45, 2.75) is 44.8 Å². The van der Waals surface area contributed by atoms with E-state index in [9.17, 15) is 9.90 Å². The minimum Gasteiger partial charge on any atom is -0.392 e. The lowest BCUT2D eigenvalue weighted by Gasteiger charge is -2.14. The molecule has 0 heterocycles. The van der Waals surface area contributed by atoms with Gasteiger partial charge in [-0.25, -0.2) is 0 Å². The fourth-order valence-electron chi connectivity index (χ4n) is 2.17. The average molecular weight is 326 g/mol. The Labute approximate surface area is 122 Å². The topological polar surface area (TPSA) is 49.3 Å². The van der Waals surface area contributed by atoms with Crippen molar-refractivity contribution < 1.29 is 9.90 Å². The third-order valence-corrected chi connectivity index (χ3v) is 4.33. The normalized spacial score (nSPS) is 23.2. The van der Waals surface area contributed by atoms with Crippen LogP contribution in [0.2, 0.25) is 0 Å². The molecule has 1 aromatic rings. The molecular formula is C15H20BrNO2. The van der Waals surface area contributed by atoms with Crippen molar-refractivity contribution >= 4 is 21.8 Å². The predicted molar refractivity (Wildman–Crippen MR) is 78.9 cm³/mol. The molecule has 3 unspecified atom stereocenters. The molecule has 2 N–H and O–H groups in total. The van der Waals surface area contributed by atoms with Gasteiger partial charge in [-0.05, 0) is 24.0 Å². The van der Waals surface area contributed by atoms with Gasteiger partial charge in [-0.1, -0.05) is 48.0 Å². The van der Waals surface area contributed by atoms with E-state index in [2.05, 4.69) is 27.3 Å². The first-order chi connectivity index (χ1) is 8.99. The van der Waals surface area contributed by atoms with Gasteiger partial charge in [-0.15, -0.1) is 0 Å². The molecule has 1 aromatic carbocycles. The molecule has 104 valence electrons. The summed E-state index contributed by atoms with van der Waals surface area (Å²) in [7, 11) is 0. The molecule has 3 atom stereocenters. The Kier molecular flexibility index (Phi) is 4.63. The number of nitrogens with one attached hydrogen (secondary N) is 1. The highest BCUT2D eigenvalue weighted by molar-refractivity contribution is 9.10. The van der Waals surface area contributed by atoms with E-state index >= 15 is 0 Å². The number of halogens is 1. The minimum absolute atomic E-state index is 0.0549. The van der Waals surface area contributed by atoms with Gasteiger partial charge in [0.25, 0.3) is 0 Å². The highest BCUT2D eigenvalue weighted by Crippen LogP contribution is 2.43. The second kappa shape index (κ2) is 6.06. The van der Waals surface area contributed by atoms with Crippen LogP contribution in [0.1, 0.15) is 38.2 Å². The molecule has 1 fully saturated rings. The first-order valence-corrected chi connectivity index (χ1v) is 7.50. The Morgan fingerprint density at radius 2 is 2.16 bits per heavy atom. The van der Waals surface area contributed by atoms with E-state index in [4.69, 9.17) is 0 Å². The summed E-state index contributed by atoms with van der Waals surface area (Å²) in [5.41, 5.74) is 1.25. The maximum Gasteiger partial charge on any atom is 0.222 e. The van der Waals surface area contributed by atoms with Gasteiger partial charge in [0.1, 0.15) is 0 Å². The molecule has 2 rings (SSSR count). The van der Waals surface area contributed by atoms with Gasteiger partial charge in [0, 0.05) is 16.4 Å². The van der Waals surface area contributed by atoms with Gasteiger partial charge in [-0.2, -0.15) is 0 Å². The molecule has 0 bridgehead atoms. The van der Waals surface area contributed by atoms with Crippen LogP contribution in [0.5, 0.6) is 0 Å². The Bertz CT molecular complexity index is 461. The van der Waals surface area contributed by atoms with Crippen LogP contribution in [-0.4, -0.2) is 23.2 Å². The molecule has 0 aliphatic heterocycles. The van der Waals surface area contributed by atoms with E-state index in [1.807, 2.05) is 32.0 Å². The third kappa shape index (κ3) is 3.80. The molecule has 4 heteroatoms. The van der Waals surface area contributed by atoms with Crippen LogP contribution < -0.4 is 5.32 Å². The Hall–Kier alpha value is -0.870. The zero-order valence-corrected chi connectivity index (χ0v) is 12.9. The average Bonchev–Trinajstić information content (AvgIpc) is 3.08.